The highest BCUT2D eigenvalue weighted by molar-refractivity contribution is 5.36. The fourth-order valence-electron chi connectivity index (χ4n) is 1.12. The van der Waals surface area contributed by atoms with Crippen LogP contribution in [0.2, 0.25) is 0 Å². The molecular weight excluding hydrogens is 210 g/mol. The van der Waals surface area contributed by atoms with Crippen molar-refractivity contribution in [2.24, 2.45) is 0 Å². The Balaban J connectivity index is 3.13. The lowest BCUT2D eigenvalue weighted by atomic mass is 10.0. The first-order valence-corrected chi connectivity index (χ1v) is 4.12. The van der Waals surface area contributed by atoms with E-state index in [2.05, 4.69) is 0 Å². The number of aliphatic hydroxyl groups is 3. The molecule has 1 aromatic carbocycles. The molecule has 0 aromatic heterocycles. The Morgan fingerprint density at radius 2 is 1.80 bits per heavy atom. The maximum absolute atomic E-state index is 12.8. The number of benzene rings is 1. The van der Waals surface area contributed by atoms with Crippen molar-refractivity contribution in [1.29, 1.82) is 0 Å². The predicted octanol–water partition coefficient (Wildman–Crippen LogP) is 0.0570. The molecule has 1 rings (SSSR count). The van der Waals surface area contributed by atoms with Crippen molar-refractivity contribution < 1.29 is 29.2 Å². The van der Waals surface area contributed by atoms with Crippen molar-refractivity contribution in [2.45, 2.75) is 12.2 Å². The average molecular weight is 220 g/mol. The van der Waals surface area contributed by atoms with Crippen molar-refractivity contribution in [3.63, 3.8) is 0 Å². The second kappa shape index (κ2) is 4.52. The number of aliphatic hydroxyl groups excluding tert-OH is 3. The van der Waals surface area contributed by atoms with Crippen LogP contribution in [0.15, 0.2) is 12.1 Å². The largest absolute Gasteiger partial charge is 0.505 e. The van der Waals surface area contributed by atoms with Crippen LogP contribution in [0.25, 0.3) is 0 Å². The number of hydrogen-bond acceptors (Lipinski definition) is 4. The topological polar surface area (TPSA) is 80.9 Å². The first kappa shape index (κ1) is 11.8. The summed E-state index contributed by atoms with van der Waals surface area (Å²) in [5, 5.41) is 36.0. The number of aromatic hydroxyl groups is 1. The van der Waals surface area contributed by atoms with E-state index in [1.807, 2.05) is 0 Å². The van der Waals surface area contributed by atoms with E-state index in [0.717, 1.165) is 0 Å². The van der Waals surface area contributed by atoms with Crippen LogP contribution >= 0.6 is 0 Å². The molecule has 0 saturated carbocycles. The second-order valence-electron chi connectivity index (χ2n) is 3.02. The van der Waals surface area contributed by atoms with Crippen LogP contribution in [-0.4, -0.2) is 33.1 Å². The normalized spacial score (nSPS) is 15.0. The summed E-state index contributed by atoms with van der Waals surface area (Å²) >= 11 is 0. The van der Waals surface area contributed by atoms with Gasteiger partial charge in [-0.25, -0.2) is 8.78 Å². The molecule has 0 fully saturated rings. The van der Waals surface area contributed by atoms with Crippen LogP contribution in [0.4, 0.5) is 8.78 Å². The van der Waals surface area contributed by atoms with Gasteiger partial charge in [-0.15, -0.1) is 0 Å². The molecule has 0 aliphatic carbocycles. The molecule has 0 amide bonds. The van der Waals surface area contributed by atoms with Gasteiger partial charge in [0.05, 0.1) is 6.61 Å². The molecule has 0 heterocycles. The highest BCUT2D eigenvalue weighted by atomic mass is 19.1. The molecule has 0 aliphatic heterocycles. The van der Waals surface area contributed by atoms with Crippen LogP contribution in [0.5, 0.6) is 5.75 Å². The molecule has 2 atom stereocenters. The molecule has 0 aliphatic rings. The summed E-state index contributed by atoms with van der Waals surface area (Å²) in [5.41, 5.74) is -0.506. The molecule has 0 spiro atoms. The zero-order valence-electron chi connectivity index (χ0n) is 7.56. The molecule has 84 valence electrons. The Morgan fingerprint density at radius 1 is 1.20 bits per heavy atom. The number of rotatable bonds is 3. The van der Waals surface area contributed by atoms with Crippen LogP contribution in [0.3, 0.4) is 0 Å². The zero-order valence-corrected chi connectivity index (χ0v) is 7.56. The molecule has 4 N–H and O–H groups in total. The fourth-order valence-corrected chi connectivity index (χ4v) is 1.12. The molecule has 2 unspecified atom stereocenters. The summed E-state index contributed by atoms with van der Waals surface area (Å²) in [5.74, 6) is -3.19. The second-order valence-corrected chi connectivity index (χ2v) is 3.02. The first-order chi connectivity index (χ1) is 6.97. The quantitative estimate of drug-likeness (QED) is 0.580. The SMILES string of the molecule is OCC(O)C(O)c1cc(F)cc(F)c1O. The summed E-state index contributed by atoms with van der Waals surface area (Å²) in [6.45, 7) is -0.793. The van der Waals surface area contributed by atoms with E-state index in [1.54, 1.807) is 0 Å². The van der Waals surface area contributed by atoms with Crippen LogP contribution in [0.1, 0.15) is 11.7 Å². The van der Waals surface area contributed by atoms with Gasteiger partial charge in [0.25, 0.3) is 0 Å². The standard InChI is InChI=1S/C9H10F2O4/c10-4-1-5(8(14)6(11)2-4)9(15)7(13)3-12/h1-2,7,9,12-15H,3H2. The minimum absolute atomic E-state index is 0.441. The van der Waals surface area contributed by atoms with Crippen LogP contribution < -0.4 is 0 Å². The summed E-state index contributed by atoms with van der Waals surface area (Å²) in [7, 11) is 0. The average Bonchev–Trinajstić information content (AvgIpc) is 2.21. The molecule has 1 aromatic rings. The molecule has 0 radical (unpaired) electrons. The number of phenolic OH excluding ortho intramolecular Hbond substituents is 1. The highest BCUT2D eigenvalue weighted by Crippen LogP contribution is 2.29. The van der Waals surface area contributed by atoms with E-state index >= 15 is 0 Å². The van der Waals surface area contributed by atoms with Crippen LogP contribution in [0, 0.1) is 11.6 Å². The van der Waals surface area contributed by atoms with E-state index in [4.69, 9.17) is 15.3 Å². The highest BCUT2D eigenvalue weighted by Gasteiger charge is 2.23. The van der Waals surface area contributed by atoms with E-state index < -0.39 is 41.8 Å². The summed E-state index contributed by atoms with van der Waals surface area (Å²) in [6.07, 6.45) is -3.36. The van der Waals surface area contributed by atoms with Crippen molar-refractivity contribution >= 4 is 0 Å². The maximum atomic E-state index is 12.8. The summed E-state index contributed by atoms with van der Waals surface area (Å²) in [4.78, 5) is 0. The minimum atomic E-state index is -1.75. The third-order valence-corrected chi connectivity index (χ3v) is 1.93. The summed E-state index contributed by atoms with van der Waals surface area (Å²) < 4.78 is 25.6. The van der Waals surface area contributed by atoms with E-state index in [-0.39, 0.29) is 0 Å². The van der Waals surface area contributed by atoms with E-state index in [9.17, 15) is 13.9 Å². The van der Waals surface area contributed by atoms with Gasteiger partial charge in [-0.1, -0.05) is 0 Å². The summed E-state index contributed by atoms with van der Waals surface area (Å²) in [6, 6.07) is 1.12. The van der Waals surface area contributed by atoms with Crippen molar-refractivity contribution in [3.05, 3.63) is 29.3 Å². The fraction of sp³-hybridized carbons (Fsp3) is 0.333. The Morgan fingerprint density at radius 3 is 2.33 bits per heavy atom. The lowest BCUT2D eigenvalue weighted by Crippen LogP contribution is -2.22. The van der Waals surface area contributed by atoms with Crippen LogP contribution in [-0.2, 0) is 0 Å². The minimum Gasteiger partial charge on any atom is -0.505 e. The van der Waals surface area contributed by atoms with Gasteiger partial charge in [0.2, 0.25) is 0 Å². The van der Waals surface area contributed by atoms with E-state index in [0.29, 0.717) is 12.1 Å². The van der Waals surface area contributed by atoms with Gasteiger partial charge < -0.3 is 20.4 Å². The number of phenols is 1. The number of hydrogen-bond donors (Lipinski definition) is 4. The molecule has 0 bridgehead atoms. The van der Waals surface area contributed by atoms with Gasteiger partial charge in [-0.2, -0.15) is 0 Å². The maximum Gasteiger partial charge on any atom is 0.168 e. The van der Waals surface area contributed by atoms with Crippen molar-refractivity contribution in [1.82, 2.24) is 0 Å². The first-order valence-electron chi connectivity index (χ1n) is 4.12. The third kappa shape index (κ3) is 2.41. The van der Waals surface area contributed by atoms with Crippen molar-refractivity contribution in [2.75, 3.05) is 6.61 Å². The zero-order chi connectivity index (χ0) is 11.6. The van der Waals surface area contributed by atoms with Gasteiger partial charge in [0, 0.05) is 11.6 Å². The Labute approximate surface area is 84.0 Å². The Bertz CT molecular complexity index is 356. The van der Waals surface area contributed by atoms with Gasteiger partial charge in [0.15, 0.2) is 11.6 Å². The van der Waals surface area contributed by atoms with Gasteiger partial charge in [0.1, 0.15) is 18.0 Å². The molecule has 4 nitrogen and oxygen atoms in total. The molecule has 0 saturated heterocycles. The molecular formula is C9H10F2O4. The smallest absolute Gasteiger partial charge is 0.168 e. The lowest BCUT2D eigenvalue weighted by molar-refractivity contribution is -0.0165. The molecule has 15 heavy (non-hydrogen) atoms. The third-order valence-electron chi connectivity index (χ3n) is 1.93. The predicted molar refractivity (Wildman–Crippen MR) is 46.1 cm³/mol. The van der Waals surface area contributed by atoms with E-state index in [1.165, 1.54) is 0 Å². The van der Waals surface area contributed by atoms with Gasteiger partial charge in [-0.05, 0) is 6.07 Å². The lowest BCUT2D eigenvalue weighted by Gasteiger charge is -2.17. The van der Waals surface area contributed by atoms with Gasteiger partial charge in [-0.3, -0.25) is 0 Å². The van der Waals surface area contributed by atoms with Gasteiger partial charge >= 0.3 is 0 Å². The monoisotopic (exact) mass is 220 g/mol. The Hall–Kier alpha value is -1.24. The Kier molecular flexibility index (Phi) is 3.57. The van der Waals surface area contributed by atoms with Crippen molar-refractivity contribution in [3.8, 4) is 5.75 Å². The molecule has 6 heteroatoms. The number of halogens is 2.